The Kier molecular flexibility index (Phi) is 8.82. The van der Waals surface area contributed by atoms with E-state index in [2.05, 4.69) is 5.32 Å². The van der Waals surface area contributed by atoms with Crippen molar-refractivity contribution in [2.75, 3.05) is 39.5 Å². The van der Waals surface area contributed by atoms with Crippen LogP contribution in [0.1, 0.15) is 32.6 Å². The third-order valence-corrected chi connectivity index (χ3v) is 6.92. The van der Waals surface area contributed by atoms with Crippen molar-refractivity contribution in [1.82, 2.24) is 9.62 Å². The van der Waals surface area contributed by atoms with Gasteiger partial charge in [-0.25, -0.2) is 8.42 Å². The molecule has 3 rings (SSSR count). The highest BCUT2D eigenvalue weighted by Crippen LogP contribution is 2.28. The molecule has 1 N–H and O–H groups in total. The molecule has 27 heavy (non-hydrogen) atoms. The first-order valence-corrected chi connectivity index (χ1v) is 11.1. The lowest BCUT2D eigenvalue weighted by molar-refractivity contribution is 0.110. The van der Waals surface area contributed by atoms with E-state index in [1.807, 2.05) is 6.92 Å². The first-order chi connectivity index (χ1) is 12.6. The minimum atomic E-state index is -3.42. The monoisotopic (exact) mass is 418 g/mol. The number of halogens is 1. The van der Waals surface area contributed by atoms with Gasteiger partial charge in [-0.2, -0.15) is 4.31 Å². The Morgan fingerprint density at radius 2 is 1.74 bits per heavy atom. The maximum atomic E-state index is 12.8. The molecular weight excluding hydrogens is 388 g/mol. The average molecular weight is 419 g/mol. The van der Waals surface area contributed by atoms with Crippen LogP contribution in [0.25, 0.3) is 0 Å². The van der Waals surface area contributed by atoms with E-state index >= 15 is 0 Å². The average Bonchev–Trinajstić information content (AvgIpc) is 3.49. The molecule has 6 nitrogen and oxygen atoms in total. The van der Waals surface area contributed by atoms with Crippen LogP contribution in [0.2, 0.25) is 0 Å². The highest BCUT2D eigenvalue weighted by Gasteiger charge is 2.30. The Balaban J connectivity index is 0.00000261. The Morgan fingerprint density at radius 1 is 1.07 bits per heavy atom. The van der Waals surface area contributed by atoms with Crippen molar-refractivity contribution in [2.24, 2.45) is 5.92 Å². The van der Waals surface area contributed by atoms with E-state index in [9.17, 15) is 8.42 Å². The molecule has 0 atom stereocenters. The number of hydrogen-bond donors (Lipinski definition) is 1. The fraction of sp³-hybridized carbons (Fsp3) is 0.684. The summed E-state index contributed by atoms with van der Waals surface area (Å²) in [6.07, 6.45) is 4.44. The summed E-state index contributed by atoms with van der Waals surface area (Å²) in [6, 6.07) is 7.13. The topological polar surface area (TPSA) is 67.9 Å². The molecule has 1 saturated carbocycles. The predicted octanol–water partition coefficient (Wildman–Crippen LogP) is 2.68. The number of hydrogen-bond acceptors (Lipinski definition) is 5. The Bertz CT molecular complexity index is 657. The van der Waals surface area contributed by atoms with E-state index in [4.69, 9.17) is 9.47 Å². The number of piperidine rings is 1. The minimum Gasteiger partial charge on any atom is -0.491 e. The van der Waals surface area contributed by atoms with Crippen LogP contribution in [-0.4, -0.2) is 58.2 Å². The molecule has 154 valence electrons. The lowest BCUT2D eigenvalue weighted by atomic mass is 10.1. The predicted molar refractivity (Wildman–Crippen MR) is 108 cm³/mol. The van der Waals surface area contributed by atoms with Crippen LogP contribution >= 0.6 is 12.4 Å². The van der Waals surface area contributed by atoms with Gasteiger partial charge in [-0.1, -0.05) is 0 Å². The quantitative estimate of drug-likeness (QED) is 0.591. The third kappa shape index (κ3) is 6.61. The summed E-state index contributed by atoms with van der Waals surface area (Å²) in [4.78, 5) is 0.332. The van der Waals surface area contributed by atoms with Gasteiger partial charge in [0.1, 0.15) is 12.4 Å². The molecule has 8 heteroatoms. The number of sulfonamides is 1. The molecule has 1 saturated heterocycles. The Labute approximate surface area is 169 Å². The van der Waals surface area contributed by atoms with Crippen LogP contribution < -0.4 is 10.1 Å². The molecule has 0 unspecified atom stereocenters. The number of ether oxygens (including phenoxy) is 2. The van der Waals surface area contributed by atoms with Crippen molar-refractivity contribution >= 4 is 22.4 Å². The molecule has 0 amide bonds. The molecule has 0 radical (unpaired) electrons. The maximum Gasteiger partial charge on any atom is 0.243 e. The molecule has 1 heterocycles. The summed E-state index contributed by atoms with van der Waals surface area (Å²) < 4.78 is 38.0. The second kappa shape index (κ2) is 10.6. The SMILES string of the molecule is CCOCCOc1ccc(S(=O)(=O)N2CCC(NCC3CC3)CC2)cc1.Cl. The first-order valence-electron chi connectivity index (χ1n) is 9.63. The van der Waals surface area contributed by atoms with Crippen LogP contribution in [-0.2, 0) is 14.8 Å². The molecule has 0 spiro atoms. The van der Waals surface area contributed by atoms with Gasteiger partial charge >= 0.3 is 0 Å². The smallest absolute Gasteiger partial charge is 0.243 e. The van der Waals surface area contributed by atoms with Gasteiger partial charge in [0, 0.05) is 25.7 Å². The van der Waals surface area contributed by atoms with Gasteiger partial charge < -0.3 is 14.8 Å². The van der Waals surface area contributed by atoms with Crippen LogP contribution in [0, 0.1) is 5.92 Å². The van der Waals surface area contributed by atoms with Crippen molar-refractivity contribution in [3.05, 3.63) is 24.3 Å². The van der Waals surface area contributed by atoms with E-state index in [1.54, 1.807) is 28.6 Å². The van der Waals surface area contributed by atoms with Crippen LogP contribution in [0.5, 0.6) is 5.75 Å². The number of rotatable bonds is 10. The summed E-state index contributed by atoms with van der Waals surface area (Å²) in [6.45, 7) is 5.83. The largest absolute Gasteiger partial charge is 0.491 e. The maximum absolute atomic E-state index is 12.8. The van der Waals surface area contributed by atoms with Crippen LogP contribution in [0.3, 0.4) is 0 Å². The molecular formula is C19H31ClN2O4S. The van der Waals surface area contributed by atoms with E-state index in [1.165, 1.54) is 12.8 Å². The van der Waals surface area contributed by atoms with E-state index in [0.29, 0.717) is 49.6 Å². The lowest BCUT2D eigenvalue weighted by Gasteiger charge is -2.31. The highest BCUT2D eigenvalue weighted by atomic mass is 35.5. The Hall–Kier alpha value is -0.860. The lowest BCUT2D eigenvalue weighted by Crippen LogP contribution is -2.45. The summed E-state index contributed by atoms with van der Waals surface area (Å²) >= 11 is 0. The zero-order valence-corrected chi connectivity index (χ0v) is 17.6. The van der Waals surface area contributed by atoms with Crippen LogP contribution in [0.15, 0.2) is 29.2 Å². The van der Waals surface area contributed by atoms with Gasteiger partial charge in [0.05, 0.1) is 11.5 Å². The van der Waals surface area contributed by atoms with E-state index in [0.717, 1.165) is 25.3 Å². The molecule has 0 bridgehead atoms. The van der Waals surface area contributed by atoms with Gasteiger partial charge in [0.15, 0.2) is 0 Å². The molecule has 2 aliphatic rings. The van der Waals surface area contributed by atoms with Crippen molar-refractivity contribution in [3.8, 4) is 5.75 Å². The summed E-state index contributed by atoms with van der Waals surface area (Å²) in [5.74, 6) is 1.51. The van der Waals surface area contributed by atoms with Crippen molar-refractivity contribution < 1.29 is 17.9 Å². The van der Waals surface area contributed by atoms with E-state index in [-0.39, 0.29) is 12.4 Å². The zero-order valence-electron chi connectivity index (χ0n) is 15.9. The molecule has 1 aliphatic carbocycles. The normalized spacial score (nSPS) is 18.9. The van der Waals surface area contributed by atoms with E-state index < -0.39 is 10.0 Å². The summed E-state index contributed by atoms with van der Waals surface area (Å²) in [5, 5.41) is 3.58. The van der Waals surface area contributed by atoms with Gasteiger partial charge in [-0.3, -0.25) is 0 Å². The molecule has 0 aromatic heterocycles. The minimum absolute atomic E-state index is 0. The van der Waals surface area contributed by atoms with Crippen LogP contribution in [0.4, 0.5) is 0 Å². The second-order valence-electron chi connectivity index (χ2n) is 7.05. The van der Waals surface area contributed by atoms with Gasteiger partial charge in [-0.15, -0.1) is 12.4 Å². The fourth-order valence-electron chi connectivity index (χ4n) is 3.18. The third-order valence-electron chi connectivity index (χ3n) is 5.01. The van der Waals surface area contributed by atoms with Crippen molar-refractivity contribution in [2.45, 2.75) is 43.5 Å². The number of nitrogens with one attached hydrogen (secondary N) is 1. The molecule has 1 aromatic carbocycles. The summed E-state index contributed by atoms with van der Waals surface area (Å²) in [5.41, 5.74) is 0. The summed E-state index contributed by atoms with van der Waals surface area (Å²) in [7, 11) is -3.42. The zero-order chi connectivity index (χ0) is 18.4. The van der Waals surface area contributed by atoms with Crippen molar-refractivity contribution in [3.63, 3.8) is 0 Å². The standard InChI is InChI=1S/C19H30N2O4S.ClH/c1-2-24-13-14-25-18-5-7-19(8-6-18)26(22,23)21-11-9-17(10-12-21)20-15-16-3-4-16;/h5-8,16-17,20H,2-4,9-15H2,1H3;1H. The van der Waals surface area contributed by atoms with Gasteiger partial charge in [0.2, 0.25) is 10.0 Å². The number of nitrogens with zero attached hydrogens (tertiary/aromatic N) is 1. The Morgan fingerprint density at radius 3 is 2.33 bits per heavy atom. The molecule has 1 aromatic rings. The molecule has 1 aliphatic heterocycles. The van der Waals surface area contributed by atoms with Gasteiger partial charge in [0.25, 0.3) is 0 Å². The van der Waals surface area contributed by atoms with Gasteiger partial charge in [-0.05, 0) is 69.3 Å². The first kappa shape index (κ1) is 22.4. The second-order valence-corrected chi connectivity index (χ2v) is 8.98. The highest BCUT2D eigenvalue weighted by molar-refractivity contribution is 7.89. The number of benzene rings is 1. The fourth-order valence-corrected chi connectivity index (χ4v) is 4.64. The molecule has 2 fully saturated rings. The van der Waals surface area contributed by atoms with Crippen molar-refractivity contribution in [1.29, 1.82) is 0 Å².